The minimum Gasteiger partial charge on any atom is -0.387 e. The zero-order valence-electron chi connectivity index (χ0n) is 12.6. The highest BCUT2D eigenvalue weighted by molar-refractivity contribution is 5.58. The van der Waals surface area contributed by atoms with E-state index in [1.165, 1.54) is 24.1 Å². The fraction of sp³-hybridized carbons (Fsp3) is 0.647. The van der Waals surface area contributed by atoms with Gasteiger partial charge in [-0.25, -0.2) is 0 Å². The molecule has 110 valence electrons. The van der Waals surface area contributed by atoms with E-state index in [0.29, 0.717) is 0 Å². The fourth-order valence-electron chi connectivity index (χ4n) is 3.65. The van der Waals surface area contributed by atoms with Crippen molar-refractivity contribution in [3.8, 4) is 0 Å². The first-order valence-corrected chi connectivity index (χ1v) is 7.94. The molecule has 0 aromatic heterocycles. The Bertz CT molecular complexity index is 474. The second kappa shape index (κ2) is 5.74. The van der Waals surface area contributed by atoms with Crippen molar-refractivity contribution in [2.75, 3.05) is 25.0 Å². The lowest BCUT2D eigenvalue weighted by Crippen LogP contribution is -2.42. The van der Waals surface area contributed by atoms with Gasteiger partial charge in [-0.2, -0.15) is 0 Å². The average molecular weight is 274 g/mol. The van der Waals surface area contributed by atoms with E-state index in [9.17, 15) is 5.11 Å². The van der Waals surface area contributed by atoms with Gasteiger partial charge in [0.05, 0.1) is 6.10 Å². The highest BCUT2D eigenvalue weighted by Gasteiger charge is 2.28. The van der Waals surface area contributed by atoms with E-state index in [-0.39, 0.29) is 12.1 Å². The number of rotatable bonds is 3. The Balaban J connectivity index is 1.75. The Morgan fingerprint density at radius 1 is 1.45 bits per heavy atom. The van der Waals surface area contributed by atoms with Crippen LogP contribution >= 0.6 is 0 Å². The van der Waals surface area contributed by atoms with Crippen molar-refractivity contribution in [2.45, 2.75) is 44.8 Å². The quantitative estimate of drug-likeness (QED) is 0.889. The first-order valence-electron chi connectivity index (χ1n) is 7.94. The van der Waals surface area contributed by atoms with Crippen LogP contribution in [0.15, 0.2) is 18.2 Å². The van der Waals surface area contributed by atoms with E-state index in [4.69, 9.17) is 0 Å². The Morgan fingerprint density at radius 2 is 2.30 bits per heavy atom. The Kier molecular flexibility index (Phi) is 3.99. The van der Waals surface area contributed by atoms with Gasteiger partial charge in [-0.3, -0.25) is 0 Å². The number of hydrogen-bond donors (Lipinski definition) is 2. The number of aliphatic hydroxyl groups excluding tert-OH is 1. The molecule has 3 atom stereocenters. The Morgan fingerprint density at radius 3 is 3.10 bits per heavy atom. The molecule has 0 saturated carbocycles. The standard InChI is InChI=1S/C17H26N2O/c1-3-12-6-8-18-15(10-12)17(20)14-4-5-16-13(11-14)7-9-19(16)2/h4-5,11-12,15,17-18,20H,3,6-10H2,1-2H3. The Labute approximate surface area is 122 Å². The third-order valence-corrected chi connectivity index (χ3v) is 5.08. The normalized spacial score (nSPS) is 27.4. The number of benzene rings is 1. The van der Waals surface area contributed by atoms with E-state index < -0.39 is 0 Å². The first kappa shape index (κ1) is 13.9. The SMILES string of the molecule is CCC1CCNC(C(O)c2ccc3c(c2)CCN3C)C1. The smallest absolute Gasteiger partial charge is 0.0943 e. The third kappa shape index (κ3) is 2.57. The molecule has 2 N–H and O–H groups in total. The molecule has 1 aromatic rings. The van der Waals surface area contributed by atoms with Crippen LogP contribution in [0.1, 0.15) is 43.4 Å². The Hall–Kier alpha value is -1.06. The summed E-state index contributed by atoms with van der Waals surface area (Å²) in [5.41, 5.74) is 3.78. The van der Waals surface area contributed by atoms with Gasteiger partial charge in [-0.05, 0) is 48.9 Å². The minimum atomic E-state index is -0.374. The van der Waals surface area contributed by atoms with Crippen LogP contribution in [-0.4, -0.2) is 31.3 Å². The molecule has 1 saturated heterocycles. The van der Waals surface area contributed by atoms with Crippen LogP contribution in [0.5, 0.6) is 0 Å². The van der Waals surface area contributed by atoms with Crippen LogP contribution in [0.2, 0.25) is 0 Å². The van der Waals surface area contributed by atoms with E-state index in [1.807, 2.05) is 0 Å². The van der Waals surface area contributed by atoms with Gasteiger partial charge in [-0.1, -0.05) is 25.5 Å². The molecule has 0 bridgehead atoms. The molecule has 1 aromatic carbocycles. The minimum absolute atomic E-state index is 0.214. The number of fused-ring (bicyclic) bond motifs is 1. The summed E-state index contributed by atoms with van der Waals surface area (Å²) < 4.78 is 0. The maximum absolute atomic E-state index is 10.7. The summed E-state index contributed by atoms with van der Waals surface area (Å²) in [5, 5.41) is 14.2. The molecular weight excluding hydrogens is 248 g/mol. The van der Waals surface area contributed by atoms with Gasteiger partial charge in [-0.15, -0.1) is 0 Å². The van der Waals surface area contributed by atoms with Gasteiger partial charge in [0.15, 0.2) is 0 Å². The third-order valence-electron chi connectivity index (χ3n) is 5.08. The predicted octanol–water partition coefficient (Wildman–Crippen LogP) is 2.49. The van der Waals surface area contributed by atoms with Gasteiger partial charge in [0, 0.05) is 25.3 Å². The van der Waals surface area contributed by atoms with Gasteiger partial charge in [0.2, 0.25) is 0 Å². The van der Waals surface area contributed by atoms with Gasteiger partial charge < -0.3 is 15.3 Å². The number of anilines is 1. The fourth-order valence-corrected chi connectivity index (χ4v) is 3.65. The topological polar surface area (TPSA) is 35.5 Å². The number of piperidine rings is 1. The molecule has 0 amide bonds. The van der Waals surface area contributed by atoms with Crippen LogP contribution in [0.3, 0.4) is 0 Å². The molecule has 20 heavy (non-hydrogen) atoms. The van der Waals surface area contributed by atoms with Crippen molar-refractivity contribution in [3.63, 3.8) is 0 Å². The van der Waals surface area contributed by atoms with Gasteiger partial charge in [0.25, 0.3) is 0 Å². The molecule has 2 aliphatic rings. The lowest BCUT2D eigenvalue weighted by atomic mass is 9.86. The van der Waals surface area contributed by atoms with Crippen LogP contribution in [-0.2, 0) is 6.42 Å². The van der Waals surface area contributed by atoms with E-state index in [2.05, 4.69) is 42.4 Å². The van der Waals surface area contributed by atoms with Gasteiger partial charge in [0.1, 0.15) is 0 Å². The summed E-state index contributed by atoms with van der Waals surface area (Å²) >= 11 is 0. The zero-order chi connectivity index (χ0) is 14.1. The highest BCUT2D eigenvalue weighted by atomic mass is 16.3. The summed E-state index contributed by atoms with van der Waals surface area (Å²) in [4.78, 5) is 2.29. The maximum atomic E-state index is 10.7. The number of aliphatic hydroxyl groups is 1. The van der Waals surface area contributed by atoms with E-state index in [0.717, 1.165) is 37.4 Å². The van der Waals surface area contributed by atoms with E-state index >= 15 is 0 Å². The molecule has 2 aliphatic heterocycles. The maximum Gasteiger partial charge on any atom is 0.0943 e. The summed E-state index contributed by atoms with van der Waals surface area (Å²) in [7, 11) is 2.14. The van der Waals surface area contributed by atoms with Crippen LogP contribution in [0.4, 0.5) is 5.69 Å². The van der Waals surface area contributed by atoms with Crippen molar-refractivity contribution in [2.24, 2.45) is 5.92 Å². The van der Waals surface area contributed by atoms with Crippen molar-refractivity contribution >= 4 is 5.69 Å². The summed E-state index contributed by atoms with van der Waals surface area (Å²) in [6.07, 6.45) is 4.28. The van der Waals surface area contributed by atoms with Crippen LogP contribution < -0.4 is 10.2 Å². The molecule has 0 spiro atoms. The molecular formula is C17H26N2O. The first-order chi connectivity index (χ1) is 9.69. The monoisotopic (exact) mass is 274 g/mol. The summed E-state index contributed by atoms with van der Waals surface area (Å²) in [5.74, 6) is 0.761. The molecule has 3 nitrogen and oxygen atoms in total. The molecule has 3 rings (SSSR count). The molecule has 0 aliphatic carbocycles. The van der Waals surface area contributed by atoms with Crippen molar-refractivity contribution < 1.29 is 5.11 Å². The number of likely N-dealkylation sites (N-methyl/N-ethyl adjacent to an activating group) is 1. The largest absolute Gasteiger partial charge is 0.387 e. The second-order valence-electron chi connectivity index (χ2n) is 6.36. The number of nitrogens with zero attached hydrogens (tertiary/aromatic N) is 1. The predicted molar refractivity (Wildman–Crippen MR) is 83.2 cm³/mol. The van der Waals surface area contributed by atoms with Gasteiger partial charge >= 0.3 is 0 Å². The molecule has 2 heterocycles. The van der Waals surface area contributed by atoms with Crippen molar-refractivity contribution in [1.82, 2.24) is 5.32 Å². The zero-order valence-corrected chi connectivity index (χ0v) is 12.6. The molecule has 3 unspecified atom stereocenters. The molecule has 0 radical (unpaired) electrons. The highest BCUT2D eigenvalue weighted by Crippen LogP contribution is 2.32. The lowest BCUT2D eigenvalue weighted by Gasteiger charge is -2.33. The van der Waals surface area contributed by atoms with E-state index in [1.54, 1.807) is 0 Å². The van der Waals surface area contributed by atoms with Crippen molar-refractivity contribution in [1.29, 1.82) is 0 Å². The second-order valence-corrected chi connectivity index (χ2v) is 6.36. The van der Waals surface area contributed by atoms with Crippen LogP contribution in [0, 0.1) is 5.92 Å². The molecule has 3 heteroatoms. The van der Waals surface area contributed by atoms with Crippen LogP contribution in [0.25, 0.3) is 0 Å². The summed E-state index contributed by atoms with van der Waals surface area (Å²) in [6, 6.07) is 6.69. The number of hydrogen-bond acceptors (Lipinski definition) is 3. The number of nitrogens with one attached hydrogen (secondary N) is 1. The summed E-state index contributed by atoms with van der Waals surface area (Å²) in [6.45, 7) is 4.38. The average Bonchev–Trinajstić information content (AvgIpc) is 2.87. The van der Waals surface area contributed by atoms with Crippen molar-refractivity contribution in [3.05, 3.63) is 29.3 Å². The lowest BCUT2D eigenvalue weighted by molar-refractivity contribution is 0.0978. The molecule has 1 fully saturated rings.